The van der Waals surface area contributed by atoms with Crippen molar-refractivity contribution in [3.05, 3.63) is 29.8 Å². The molecule has 0 saturated heterocycles. The fourth-order valence-corrected chi connectivity index (χ4v) is 2.09. The van der Waals surface area contributed by atoms with Crippen LogP contribution in [0.25, 0.3) is 0 Å². The van der Waals surface area contributed by atoms with Gasteiger partial charge in [0.05, 0.1) is 7.11 Å². The Bertz CT molecular complexity index is 538. The standard InChI is InChI=1S/C16H22O7/c1-10(2)8-16(21,15(19)20)13(17)14(18)23-9-11-4-6-12(22-3)7-5-11/h4-7,10,13,17,21H,8-9H2,1-3H3,(H,19,20). The Kier molecular flexibility index (Phi) is 6.53. The van der Waals surface area contributed by atoms with Gasteiger partial charge in [-0.05, 0) is 30.0 Å². The summed E-state index contributed by atoms with van der Waals surface area (Å²) < 4.78 is 9.88. The molecule has 0 radical (unpaired) electrons. The van der Waals surface area contributed by atoms with Crippen molar-refractivity contribution in [1.82, 2.24) is 0 Å². The van der Waals surface area contributed by atoms with Gasteiger partial charge in [0, 0.05) is 0 Å². The number of esters is 1. The van der Waals surface area contributed by atoms with Gasteiger partial charge in [0.2, 0.25) is 0 Å². The van der Waals surface area contributed by atoms with Crippen LogP contribution < -0.4 is 4.74 Å². The van der Waals surface area contributed by atoms with Crippen LogP contribution in [0, 0.1) is 5.92 Å². The van der Waals surface area contributed by atoms with Gasteiger partial charge in [-0.2, -0.15) is 0 Å². The Morgan fingerprint density at radius 2 is 1.78 bits per heavy atom. The fourth-order valence-electron chi connectivity index (χ4n) is 2.09. The van der Waals surface area contributed by atoms with Crippen molar-refractivity contribution in [2.45, 2.75) is 38.6 Å². The smallest absolute Gasteiger partial charge is 0.339 e. The molecule has 2 atom stereocenters. The Morgan fingerprint density at radius 1 is 1.22 bits per heavy atom. The normalized spacial score (nSPS) is 14.9. The quantitative estimate of drug-likeness (QED) is 0.610. The number of carboxylic acid groups (broad SMARTS) is 1. The Balaban J connectivity index is 2.72. The minimum Gasteiger partial charge on any atom is -0.497 e. The average Bonchev–Trinajstić information content (AvgIpc) is 2.51. The number of benzene rings is 1. The first kappa shape index (κ1) is 18.9. The van der Waals surface area contributed by atoms with E-state index in [0.29, 0.717) is 11.3 Å². The average molecular weight is 326 g/mol. The largest absolute Gasteiger partial charge is 0.497 e. The lowest BCUT2D eigenvalue weighted by molar-refractivity contribution is -0.189. The molecule has 0 spiro atoms. The number of hydrogen-bond donors (Lipinski definition) is 3. The molecule has 2 unspecified atom stereocenters. The van der Waals surface area contributed by atoms with Crippen molar-refractivity contribution >= 4 is 11.9 Å². The molecule has 7 heteroatoms. The van der Waals surface area contributed by atoms with E-state index in [1.165, 1.54) is 7.11 Å². The van der Waals surface area contributed by atoms with Crippen LogP contribution in [0.2, 0.25) is 0 Å². The van der Waals surface area contributed by atoms with Crippen molar-refractivity contribution in [1.29, 1.82) is 0 Å². The zero-order valence-corrected chi connectivity index (χ0v) is 13.4. The third-order valence-corrected chi connectivity index (χ3v) is 3.31. The summed E-state index contributed by atoms with van der Waals surface area (Å²) in [6.45, 7) is 3.18. The van der Waals surface area contributed by atoms with Crippen molar-refractivity contribution < 1.29 is 34.4 Å². The van der Waals surface area contributed by atoms with Crippen molar-refractivity contribution in [2.75, 3.05) is 7.11 Å². The van der Waals surface area contributed by atoms with E-state index in [0.717, 1.165) is 0 Å². The molecule has 1 aromatic carbocycles. The molecular formula is C16H22O7. The number of aliphatic hydroxyl groups excluding tert-OH is 1. The van der Waals surface area contributed by atoms with Gasteiger partial charge in [-0.15, -0.1) is 0 Å². The number of aliphatic carboxylic acids is 1. The monoisotopic (exact) mass is 326 g/mol. The molecular weight excluding hydrogens is 304 g/mol. The highest BCUT2D eigenvalue weighted by Gasteiger charge is 2.48. The maximum atomic E-state index is 11.9. The summed E-state index contributed by atoms with van der Waals surface area (Å²) in [5.74, 6) is -2.45. The van der Waals surface area contributed by atoms with Gasteiger partial charge in [0.25, 0.3) is 0 Å². The highest BCUT2D eigenvalue weighted by atomic mass is 16.6. The van der Waals surface area contributed by atoms with Crippen LogP contribution in [0.3, 0.4) is 0 Å². The first-order valence-electron chi connectivity index (χ1n) is 7.14. The topological polar surface area (TPSA) is 113 Å². The molecule has 1 rings (SSSR count). The lowest BCUT2D eigenvalue weighted by atomic mass is 9.87. The Labute approximate surface area is 134 Å². The summed E-state index contributed by atoms with van der Waals surface area (Å²) in [6, 6.07) is 6.67. The fraction of sp³-hybridized carbons (Fsp3) is 0.500. The second kappa shape index (κ2) is 7.94. The van der Waals surface area contributed by atoms with E-state index in [4.69, 9.17) is 14.6 Å². The lowest BCUT2D eigenvalue weighted by Crippen LogP contribution is -2.54. The number of carboxylic acids is 1. The molecule has 128 valence electrons. The van der Waals surface area contributed by atoms with Gasteiger partial charge >= 0.3 is 11.9 Å². The van der Waals surface area contributed by atoms with Gasteiger partial charge in [-0.3, -0.25) is 0 Å². The Hall–Kier alpha value is -2.12. The van der Waals surface area contributed by atoms with Gasteiger partial charge in [0.15, 0.2) is 11.7 Å². The third kappa shape index (κ3) is 4.94. The first-order chi connectivity index (χ1) is 10.7. The van der Waals surface area contributed by atoms with Crippen molar-refractivity contribution in [3.8, 4) is 5.75 Å². The predicted molar refractivity (Wildman–Crippen MR) is 80.8 cm³/mol. The van der Waals surface area contributed by atoms with Crippen LogP contribution in [0.4, 0.5) is 0 Å². The second-order valence-electron chi connectivity index (χ2n) is 5.69. The zero-order valence-electron chi connectivity index (χ0n) is 13.4. The Morgan fingerprint density at radius 3 is 2.22 bits per heavy atom. The van der Waals surface area contributed by atoms with Crippen LogP contribution >= 0.6 is 0 Å². The van der Waals surface area contributed by atoms with Gasteiger partial charge in [0.1, 0.15) is 12.4 Å². The number of aliphatic hydroxyl groups is 2. The summed E-state index contributed by atoms with van der Waals surface area (Å²) in [5, 5.41) is 29.1. The third-order valence-electron chi connectivity index (χ3n) is 3.31. The number of carbonyl (C=O) groups is 2. The molecule has 1 aromatic rings. The molecule has 0 fully saturated rings. The molecule has 0 aromatic heterocycles. The maximum absolute atomic E-state index is 11.9. The molecule has 7 nitrogen and oxygen atoms in total. The first-order valence-corrected chi connectivity index (χ1v) is 7.14. The minimum absolute atomic E-state index is 0.155. The highest BCUT2D eigenvalue weighted by Crippen LogP contribution is 2.23. The van der Waals surface area contributed by atoms with Crippen LogP contribution in [0.5, 0.6) is 5.75 Å². The van der Waals surface area contributed by atoms with E-state index >= 15 is 0 Å². The van der Waals surface area contributed by atoms with Crippen LogP contribution in [-0.4, -0.2) is 46.1 Å². The second-order valence-corrected chi connectivity index (χ2v) is 5.69. The summed E-state index contributed by atoms with van der Waals surface area (Å²) in [4.78, 5) is 23.1. The van der Waals surface area contributed by atoms with Gasteiger partial charge < -0.3 is 24.8 Å². The number of rotatable bonds is 8. The van der Waals surface area contributed by atoms with Crippen LogP contribution in [-0.2, 0) is 20.9 Å². The van der Waals surface area contributed by atoms with E-state index < -0.39 is 23.6 Å². The zero-order chi connectivity index (χ0) is 17.6. The van der Waals surface area contributed by atoms with E-state index in [9.17, 15) is 19.8 Å². The molecule has 0 heterocycles. The van der Waals surface area contributed by atoms with E-state index in [1.807, 2.05) is 0 Å². The summed E-state index contributed by atoms with van der Waals surface area (Å²) >= 11 is 0. The molecule has 0 saturated carbocycles. The highest BCUT2D eigenvalue weighted by molar-refractivity contribution is 5.87. The summed E-state index contributed by atoms with van der Waals surface area (Å²) in [7, 11) is 1.52. The molecule has 0 bridgehead atoms. The van der Waals surface area contributed by atoms with Crippen LogP contribution in [0.1, 0.15) is 25.8 Å². The van der Waals surface area contributed by atoms with Gasteiger partial charge in [-0.25, -0.2) is 9.59 Å². The number of carbonyl (C=O) groups excluding carboxylic acids is 1. The maximum Gasteiger partial charge on any atom is 0.339 e. The molecule has 0 amide bonds. The number of hydrogen-bond acceptors (Lipinski definition) is 6. The predicted octanol–water partition coefficient (Wildman–Crippen LogP) is 0.961. The van der Waals surface area contributed by atoms with Crippen LogP contribution in [0.15, 0.2) is 24.3 Å². The van der Waals surface area contributed by atoms with E-state index in [2.05, 4.69) is 0 Å². The molecule has 0 aliphatic carbocycles. The molecule has 0 aliphatic rings. The van der Waals surface area contributed by atoms with Crippen molar-refractivity contribution in [3.63, 3.8) is 0 Å². The number of methoxy groups -OCH3 is 1. The van der Waals surface area contributed by atoms with Crippen molar-refractivity contribution in [2.24, 2.45) is 5.92 Å². The molecule has 23 heavy (non-hydrogen) atoms. The molecule has 0 aliphatic heterocycles. The molecule has 3 N–H and O–H groups in total. The minimum atomic E-state index is -2.58. The van der Waals surface area contributed by atoms with E-state index in [1.54, 1.807) is 38.1 Å². The summed E-state index contributed by atoms with van der Waals surface area (Å²) in [5.41, 5.74) is -1.94. The van der Waals surface area contributed by atoms with Gasteiger partial charge in [-0.1, -0.05) is 26.0 Å². The van der Waals surface area contributed by atoms with E-state index in [-0.39, 0.29) is 18.9 Å². The lowest BCUT2D eigenvalue weighted by Gasteiger charge is -2.28. The summed E-state index contributed by atoms with van der Waals surface area (Å²) in [6.07, 6.45) is -2.44. The SMILES string of the molecule is COc1ccc(COC(=O)C(O)C(O)(CC(C)C)C(=O)O)cc1. The number of ether oxygens (including phenoxy) is 2.